The van der Waals surface area contributed by atoms with Crippen LogP contribution in [0, 0.1) is 14.9 Å². The Kier molecular flexibility index (Phi) is 5.23. The SMILES string of the molecule is N#CC(=CNc1ccccc1I)c1nc(-c2cc3ccccc3oc2=O)cs1. The van der Waals surface area contributed by atoms with Gasteiger partial charge in [-0.3, -0.25) is 0 Å². The minimum Gasteiger partial charge on any atom is -0.422 e. The lowest BCUT2D eigenvalue weighted by Gasteiger charge is -2.03. The number of allylic oxidation sites excluding steroid dienone is 1. The predicted octanol–water partition coefficient (Wildman–Crippen LogP) is 5.50. The van der Waals surface area contributed by atoms with Gasteiger partial charge in [0.2, 0.25) is 0 Å². The van der Waals surface area contributed by atoms with Gasteiger partial charge in [0.05, 0.1) is 16.9 Å². The van der Waals surface area contributed by atoms with E-state index in [0.29, 0.717) is 27.4 Å². The second-order valence-corrected chi connectivity index (χ2v) is 7.84. The molecule has 5 nitrogen and oxygen atoms in total. The molecule has 136 valence electrons. The lowest BCUT2D eigenvalue weighted by Crippen LogP contribution is -2.02. The van der Waals surface area contributed by atoms with Gasteiger partial charge >= 0.3 is 5.63 Å². The first-order chi connectivity index (χ1) is 13.7. The third-order valence-corrected chi connectivity index (χ3v) is 5.83. The second-order valence-electron chi connectivity index (χ2n) is 5.82. The van der Waals surface area contributed by atoms with E-state index in [9.17, 15) is 10.1 Å². The van der Waals surface area contributed by atoms with Crippen LogP contribution in [0.1, 0.15) is 5.01 Å². The Morgan fingerprint density at radius 3 is 2.82 bits per heavy atom. The molecule has 0 spiro atoms. The first kappa shape index (κ1) is 18.4. The predicted molar refractivity (Wildman–Crippen MR) is 120 cm³/mol. The Balaban J connectivity index is 1.68. The molecule has 4 aromatic rings. The molecule has 28 heavy (non-hydrogen) atoms. The molecule has 7 heteroatoms. The number of hydrogen-bond donors (Lipinski definition) is 1. The molecule has 0 saturated heterocycles. The summed E-state index contributed by atoms with van der Waals surface area (Å²) in [5.41, 5.74) is 2.25. The highest BCUT2D eigenvalue weighted by Gasteiger charge is 2.13. The first-order valence-electron chi connectivity index (χ1n) is 8.26. The fraction of sp³-hybridized carbons (Fsp3) is 0. The molecule has 0 aliphatic heterocycles. The number of benzene rings is 2. The van der Waals surface area contributed by atoms with Gasteiger partial charge < -0.3 is 9.73 Å². The van der Waals surface area contributed by atoms with Gasteiger partial charge in [-0.1, -0.05) is 30.3 Å². The van der Waals surface area contributed by atoms with Crippen molar-refractivity contribution in [3.63, 3.8) is 0 Å². The summed E-state index contributed by atoms with van der Waals surface area (Å²) in [4.78, 5) is 16.8. The van der Waals surface area contributed by atoms with Gasteiger partial charge in [0, 0.05) is 20.5 Å². The zero-order valence-corrected chi connectivity index (χ0v) is 17.3. The Morgan fingerprint density at radius 2 is 2.00 bits per heavy atom. The summed E-state index contributed by atoms with van der Waals surface area (Å²) in [5, 5.41) is 15.8. The van der Waals surface area contributed by atoms with Crippen LogP contribution in [-0.2, 0) is 0 Å². The fourth-order valence-electron chi connectivity index (χ4n) is 2.63. The Labute approximate surface area is 178 Å². The van der Waals surface area contributed by atoms with Gasteiger partial charge in [0.15, 0.2) is 0 Å². The molecular weight excluding hydrogens is 485 g/mol. The summed E-state index contributed by atoms with van der Waals surface area (Å²) in [6, 6.07) is 19.0. The van der Waals surface area contributed by atoms with E-state index < -0.39 is 5.63 Å². The normalized spacial score (nSPS) is 11.4. The van der Waals surface area contributed by atoms with Crippen LogP contribution in [0.3, 0.4) is 0 Å². The minimum atomic E-state index is -0.449. The van der Waals surface area contributed by atoms with Crippen LogP contribution >= 0.6 is 33.9 Å². The molecule has 0 aliphatic carbocycles. The van der Waals surface area contributed by atoms with Crippen LogP contribution in [0.4, 0.5) is 5.69 Å². The summed E-state index contributed by atoms with van der Waals surface area (Å²) in [6.45, 7) is 0. The van der Waals surface area contributed by atoms with E-state index in [1.54, 1.807) is 23.7 Å². The van der Waals surface area contributed by atoms with E-state index in [2.05, 4.69) is 39.0 Å². The van der Waals surface area contributed by atoms with Crippen molar-refractivity contribution in [2.45, 2.75) is 0 Å². The second kappa shape index (κ2) is 7.96. The van der Waals surface area contributed by atoms with Crippen molar-refractivity contribution in [2.24, 2.45) is 0 Å². The maximum absolute atomic E-state index is 12.3. The van der Waals surface area contributed by atoms with Gasteiger partial charge in [0.1, 0.15) is 22.2 Å². The van der Waals surface area contributed by atoms with E-state index in [1.807, 2.05) is 42.5 Å². The quantitative estimate of drug-likeness (QED) is 0.229. The number of para-hydroxylation sites is 2. The first-order valence-corrected chi connectivity index (χ1v) is 10.2. The average molecular weight is 497 g/mol. The van der Waals surface area contributed by atoms with Crippen LogP contribution in [0.25, 0.3) is 27.8 Å². The van der Waals surface area contributed by atoms with E-state index in [4.69, 9.17) is 4.42 Å². The number of nitrogens with zero attached hydrogens (tertiary/aromatic N) is 2. The Morgan fingerprint density at radius 1 is 1.21 bits per heavy atom. The monoisotopic (exact) mass is 497 g/mol. The molecule has 4 rings (SSSR count). The number of anilines is 1. The largest absolute Gasteiger partial charge is 0.422 e. The molecule has 2 aromatic carbocycles. The highest BCUT2D eigenvalue weighted by atomic mass is 127. The van der Waals surface area contributed by atoms with Crippen molar-refractivity contribution in [3.8, 4) is 17.3 Å². The molecule has 2 aromatic heterocycles. The zero-order chi connectivity index (χ0) is 19.5. The van der Waals surface area contributed by atoms with E-state index in [1.165, 1.54) is 11.3 Å². The number of hydrogen-bond acceptors (Lipinski definition) is 6. The fourth-order valence-corrected chi connectivity index (χ4v) is 3.96. The van der Waals surface area contributed by atoms with E-state index in [-0.39, 0.29) is 0 Å². The zero-order valence-electron chi connectivity index (χ0n) is 14.3. The van der Waals surface area contributed by atoms with Crippen molar-refractivity contribution < 1.29 is 4.42 Å². The summed E-state index contributed by atoms with van der Waals surface area (Å²) in [6.07, 6.45) is 1.63. The molecule has 0 amide bonds. The number of thiazole rings is 1. The van der Waals surface area contributed by atoms with Gasteiger partial charge in [0.25, 0.3) is 0 Å². The van der Waals surface area contributed by atoms with Crippen molar-refractivity contribution in [1.82, 2.24) is 4.98 Å². The number of fused-ring (bicyclic) bond motifs is 1. The minimum absolute atomic E-state index is 0.379. The van der Waals surface area contributed by atoms with Gasteiger partial charge in [-0.2, -0.15) is 5.26 Å². The van der Waals surface area contributed by atoms with Crippen LogP contribution in [0.2, 0.25) is 0 Å². The summed E-state index contributed by atoms with van der Waals surface area (Å²) in [5.74, 6) is 0. The van der Waals surface area contributed by atoms with Gasteiger partial charge in [-0.25, -0.2) is 9.78 Å². The average Bonchev–Trinajstić information content (AvgIpc) is 3.19. The van der Waals surface area contributed by atoms with Crippen molar-refractivity contribution in [1.29, 1.82) is 5.26 Å². The van der Waals surface area contributed by atoms with Crippen LogP contribution < -0.4 is 10.9 Å². The summed E-state index contributed by atoms with van der Waals surface area (Å²) < 4.78 is 6.42. The van der Waals surface area contributed by atoms with Crippen molar-refractivity contribution >= 4 is 56.2 Å². The molecule has 1 N–H and O–H groups in total. The Bertz CT molecular complexity index is 1300. The number of nitriles is 1. The van der Waals surface area contributed by atoms with E-state index in [0.717, 1.165) is 14.6 Å². The van der Waals surface area contributed by atoms with Crippen molar-refractivity contribution in [3.05, 3.63) is 85.2 Å². The third kappa shape index (κ3) is 3.69. The maximum Gasteiger partial charge on any atom is 0.345 e. The van der Waals surface area contributed by atoms with Gasteiger partial charge in [-0.15, -0.1) is 11.3 Å². The van der Waals surface area contributed by atoms with Crippen LogP contribution in [0.5, 0.6) is 0 Å². The number of rotatable bonds is 4. The van der Waals surface area contributed by atoms with Gasteiger partial charge in [-0.05, 0) is 46.9 Å². The smallest absolute Gasteiger partial charge is 0.345 e. The summed E-state index contributed by atoms with van der Waals surface area (Å²) >= 11 is 3.53. The van der Waals surface area contributed by atoms with Crippen molar-refractivity contribution in [2.75, 3.05) is 5.32 Å². The highest BCUT2D eigenvalue weighted by Crippen LogP contribution is 2.27. The lowest BCUT2D eigenvalue weighted by molar-refractivity contribution is 0.563. The molecule has 0 saturated carbocycles. The number of aromatic nitrogens is 1. The van der Waals surface area contributed by atoms with E-state index >= 15 is 0 Å². The topological polar surface area (TPSA) is 78.9 Å². The third-order valence-electron chi connectivity index (χ3n) is 4.02. The summed E-state index contributed by atoms with van der Waals surface area (Å²) in [7, 11) is 0. The van der Waals surface area contributed by atoms with Crippen LogP contribution in [-0.4, -0.2) is 4.98 Å². The molecule has 0 atom stereocenters. The Hall–Kier alpha value is -2.96. The molecule has 0 bridgehead atoms. The lowest BCUT2D eigenvalue weighted by atomic mass is 10.1. The maximum atomic E-state index is 12.3. The molecule has 0 fully saturated rings. The van der Waals surface area contributed by atoms with Crippen LogP contribution in [0.15, 0.2) is 75.4 Å². The molecule has 0 radical (unpaired) electrons. The molecule has 0 aliphatic rings. The highest BCUT2D eigenvalue weighted by molar-refractivity contribution is 14.1. The number of nitrogens with one attached hydrogen (secondary N) is 1. The standard InChI is InChI=1S/C21H12IN3O2S/c22-16-6-2-3-7-17(16)24-11-14(10-23)20-25-18(12-28-20)15-9-13-5-1-4-8-19(13)27-21(15)26/h1-9,11-12,24H. The molecule has 0 unspecified atom stereocenters. The molecule has 2 heterocycles. The number of halogens is 1. The molecular formula is C21H12IN3O2S.